The Balaban J connectivity index is 1.59. The number of anilines is 1. The molecule has 0 aliphatic heterocycles. The second-order valence-electron chi connectivity index (χ2n) is 6.11. The largest absolute Gasteiger partial charge is 0.497 e. The summed E-state index contributed by atoms with van der Waals surface area (Å²) in [5, 5.41) is 11.9. The van der Waals surface area contributed by atoms with Crippen LogP contribution in [0.15, 0.2) is 70.8 Å². The summed E-state index contributed by atoms with van der Waals surface area (Å²) in [6, 6.07) is 14.7. The zero-order valence-corrected chi connectivity index (χ0v) is 18.8. The molecule has 156 valence electrons. The highest BCUT2D eigenvalue weighted by Gasteiger charge is 2.14. The number of amides is 1. The van der Waals surface area contributed by atoms with Crippen LogP contribution in [-0.2, 0) is 17.9 Å². The van der Waals surface area contributed by atoms with Gasteiger partial charge in [0.15, 0.2) is 11.0 Å². The lowest BCUT2D eigenvalue weighted by Gasteiger charge is -2.10. The zero-order valence-electron chi connectivity index (χ0n) is 16.4. The predicted molar refractivity (Wildman–Crippen MR) is 121 cm³/mol. The van der Waals surface area contributed by atoms with Gasteiger partial charge in [0.05, 0.1) is 12.9 Å². The Bertz CT molecular complexity index is 990. The Kier molecular flexibility index (Phi) is 7.92. The molecule has 9 heteroatoms. The van der Waals surface area contributed by atoms with Crippen LogP contribution in [-0.4, -0.2) is 33.5 Å². The van der Waals surface area contributed by atoms with Crippen molar-refractivity contribution >= 4 is 39.3 Å². The fourth-order valence-corrected chi connectivity index (χ4v) is 3.56. The van der Waals surface area contributed by atoms with Gasteiger partial charge < -0.3 is 14.8 Å². The van der Waals surface area contributed by atoms with Crippen molar-refractivity contribution in [2.75, 3.05) is 18.2 Å². The molecule has 0 spiro atoms. The summed E-state index contributed by atoms with van der Waals surface area (Å²) in [6.45, 7) is 4.56. The van der Waals surface area contributed by atoms with E-state index in [-0.39, 0.29) is 18.3 Å². The van der Waals surface area contributed by atoms with Gasteiger partial charge >= 0.3 is 0 Å². The van der Waals surface area contributed by atoms with E-state index >= 15 is 0 Å². The van der Waals surface area contributed by atoms with Gasteiger partial charge in [-0.3, -0.25) is 9.36 Å². The van der Waals surface area contributed by atoms with Gasteiger partial charge in [-0.2, -0.15) is 0 Å². The van der Waals surface area contributed by atoms with Crippen LogP contribution in [0.4, 0.5) is 5.69 Å². The third-order valence-corrected chi connectivity index (χ3v) is 5.49. The molecule has 0 atom stereocenters. The van der Waals surface area contributed by atoms with Crippen molar-refractivity contribution in [3.8, 4) is 11.5 Å². The van der Waals surface area contributed by atoms with Crippen molar-refractivity contribution in [2.24, 2.45) is 0 Å². The summed E-state index contributed by atoms with van der Waals surface area (Å²) in [7, 11) is 1.62. The lowest BCUT2D eigenvalue weighted by molar-refractivity contribution is -0.113. The molecule has 7 nitrogen and oxygen atoms in total. The number of methoxy groups -OCH3 is 1. The Morgan fingerprint density at radius 3 is 2.53 bits per heavy atom. The summed E-state index contributed by atoms with van der Waals surface area (Å²) in [5.74, 6) is 2.21. The average molecular weight is 489 g/mol. The molecule has 1 heterocycles. The first-order valence-corrected chi connectivity index (χ1v) is 10.8. The van der Waals surface area contributed by atoms with E-state index in [9.17, 15) is 4.79 Å². The molecule has 0 bridgehead atoms. The maximum atomic E-state index is 12.3. The van der Waals surface area contributed by atoms with E-state index < -0.39 is 0 Å². The molecule has 0 fully saturated rings. The molecule has 1 aromatic heterocycles. The van der Waals surface area contributed by atoms with E-state index in [0.717, 1.165) is 15.9 Å². The van der Waals surface area contributed by atoms with Crippen LogP contribution in [0.3, 0.4) is 0 Å². The second-order valence-corrected chi connectivity index (χ2v) is 7.96. The van der Waals surface area contributed by atoms with E-state index in [2.05, 4.69) is 38.0 Å². The second kappa shape index (κ2) is 10.8. The van der Waals surface area contributed by atoms with E-state index in [0.29, 0.717) is 23.3 Å². The van der Waals surface area contributed by atoms with Crippen molar-refractivity contribution in [2.45, 2.75) is 18.3 Å². The molecule has 0 aliphatic carbocycles. The van der Waals surface area contributed by atoms with Crippen molar-refractivity contribution in [1.29, 1.82) is 0 Å². The quantitative estimate of drug-likeness (QED) is 0.333. The summed E-state index contributed by atoms with van der Waals surface area (Å²) in [5.41, 5.74) is 0.741. The van der Waals surface area contributed by atoms with Crippen LogP contribution in [0.25, 0.3) is 0 Å². The molecule has 0 saturated heterocycles. The van der Waals surface area contributed by atoms with Gasteiger partial charge in [-0.25, -0.2) is 0 Å². The molecule has 0 aliphatic rings. The number of benzene rings is 2. The van der Waals surface area contributed by atoms with Crippen LogP contribution in [0.5, 0.6) is 11.5 Å². The van der Waals surface area contributed by atoms with Crippen molar-refractivity contribution < 1.29 is 14.3 Å². The fraction of sp³-hybridized carbons (Fsp3) is 0.190. The van der Waals surface area contributed by atoms with E-state index in [1.165, 1.54) is 11.8 Å². The highest BCUT2D eigenvalue weighted by atomic mass is 79.9. The minimum Gasteiger partial charge on any atom is -0.497 e. The number of hydrogen-bond donors (Lipinski definition) is 1. The number of carbonyl (C=O) groups is 1. The lowest BCUT2D eigenvalue weighted by atomic mass is 10.3. The normalized spacial score (nSPS) is 10.5. The number of aromatic nitrogens is 3. The molecule has 3 rings (SSSR count). The smallest absolute Gasteiger partial charge is 0.234 e. The molecule has 0 radical (unpaired) electrons. The number of hydrogen-bond acceptors (Lipinski definition) is 6. The number of nitrogens with zero attached hydrogens (tertiary/aromatic N) is 3. The van der Waals surface area contributed by atoms with E-state index in [4.69, 9.17) is 9.47 Å². The molecule has 0 saturated carbocycles. The molecule has 0 unspecified atom stereocenters. The Labute approximate surface area is 187 Å². The van der Waals surface area contributed by atoms with Crippen LogP contribution in [0.2, 0.25) is 0 Å². The molecule has 1 amide bonds. The number of rotatable bonds is 10. The van der Waals surface area contributed by atoms with Gasteiger partial charge in [0.1, 0.15) is 18.1 Å². The fourth-order valence-electron chi connectivity index (χ4n) is 2.53. The minimum absolute atomic E-state index is 0.119. The van der Waals surface area contributed by atoms with Gasteiger partial charge in [0.2, 0.25) is 5.91 Å². The van der Waals surface area contributed by atoms with Gasteiger partial charge in [0.25, 0.3) is 0 Å². The highest BCUT2D eigenvalue weighted by Crippen LogP contribution is 2.21. The Morgan fingerprint density at radius 1 is 1.17 bits per heavy atom. The maximum absolute atomic E-state index is 12.3. The van der Waals surface area contributed by atoms with E-state index in [1.54, 1.807) is 13.2 Å². The summed E-state index contributed by atoms with van der Waals surface area (Å²) >= 11 is 4.69. The maximum Gasteiger partial charge on any atom is 0.234 e. The van der Waals surface area contributed by atoms with Crippen LogP contribution < -0.4 is 14.8 Å². The zero-order chi connectivity index (χ0) is 21.3. The Hall–Kier alpha value is -2.78. The predicted octanol–water partition coefficient (Wildman–Crippen LogP) is 4.55. The summed E-state index contributed by atoms with van der Waals surface area (Å²) < 4.78 is 13.8. The molecular formula is C21H21BrN4O3S. The summed E-state index contributed by atoms with van der Waals surface area (Å²) in [4.78, 5) is 12.3. The third-order valence-electron chi connectivity index (χ3n) is 3.99. The number of carbonyl (C=O) groups excluding carboxylic acids is 1. The monoisotopic (exact) mass is 488 g/mol. The first kappa shape index (κ1) is 21.9. The molecule has 30 heavy (non-hydrogen) atoms. The minimum atomic E-state index is -0.119. The molecular weight excluding hydrogens is 468 g/mol. The van der Waals surface area contributed by atoms with Crippen LogP contribution in [0.1, 0.15) is 5.82 Å². The van der Waals surface area contributed by atoms with E-state index in [1.807, 2.05) is 53.1 Å². The first-order valence-electron chi connectivity index (χ1n) is 9.07. The standard InChI is InChI=1S/C21H21BrN4O3S/c1-3-12-26-19(13-29-18-10-8-17(28-2)9-11-18)24-25-21(26)30-14-20(27)23-16-6-4-15(22)5-7-16/h3-11H,1,12-14H2,2H3,(H,23,27). The van der Waals surface area contributed by atoms with Crippen molar-refractivity contribution in [1.82, 2.24) is 14.8 Å². The van der Waals surface area contributed by atoms with Crippen LogP contribution >= 0.6 is 27.7 Å². The molecule has 1 N–H and O–H groups in total. The highest BCUT2D eigenvalue weighted by molar-refractivity contribution is 9.10. The van der Waals surface area contributed by atoms with Crippen molar-refractivity contribution in [3.63, 3.8) is 0 Å². The van der Waals surface area contributed by atoms with Gasteiger partial charge in [-0.15, -0.1) is 16.8 Å². The summed E-state index contributed by atoms with van der Waals surface area (Å²) in [6.07, 6.45) is 1.76. The number of halogens is 1. The first-order chi connectivity index (χ1) is 14.6. The van der Waals surface area contributed by atoms with Gasteiger partial charge in [0, 0.05) is 16.7 Å². The van der Waals surface area contributed by atoms with Gasteiger partial charge in [-0.1, -0.05) is 33.8 Å². The molecule has 3 aromatic rings. The van der Waals surface area contributed by atoms with Crippen molar-refractivity contribution in [3.05, 3.63) is 71.5 Å². The molecule has 2 aromatic carbocycles. The van der Waals surface area contributed by atoms with Gasteiger partial charge in [-0.05, 0) is 48.5 Å². The lowest BCUT2D eigenvalue weighted by Crippen LogP contribution is -2.15. The van der Waals surface area contributed by atoms with Crippen LogP contribution in [0, 0.1) is 0 Å². The number of thioether (sulfide) groups is 1. The topological polar surface area (TPSA) is 78.3 Å². The SMILES string of the molecule is C=CCn1c(COc2ccc(OC)cc2)nnc1SCC(=O)Nc1ccc(Br)cc1. The number of ether oxygens (including phenoxy) is 2. The number of nitrogens with one attached hydrogen (secondary N) is 1. The third kappa shape index (κ3) is 6.11. The average Bonchev–Trinajstić information content (AvgIpc) is 3.14. The Morgan fingerprint density at radius 2 is 1.87 bits per heavy atom. The number of allylic oxidation sites excluding steroid dienone is 1.